The molecule has 0 unspecified atom stereocenters. The molecule has 156 valence electrons. The van der Waals surface area contributed by atoms with Crippen molar-refractivity contribution in [1.29, 1.82) is 0 Å². The first kappa shape index (κ1) is 28.0. The standard InChI is InChI=1S/C20H21N5O5.2Na/c1-24-7-6-16(26)18(19(24)29)23-20(30)22-15(9-17(27)28)13-5-3-4-12(8-13)14-10-21-25(2)11-14;;/h3-8,10-11,15,26H,9H2,1-2H3,(H,27,28)(H2,22,23,30);;/q;2*+1/p-2/t15-;;/m0../s1. The summed E-state index contributed by atoms with van der Waals surface area (Å²) in [6.07, 6.45) is 4.25. The van der Waals surface area contributed by atoms with E-state index in [2.05, 4.69) is 15.7 Å². The van der Waals surface area contributed by atoms with E-state index in [1.165, 1.54) is 13.2 Å². The van der Waals surface area contributed by atoms with Crippen LogP contribution in [0.4, 0.5) is 10.5 Å². The Morgan fingerprint density at radius 2 is 1.88 bits per heavy atom. The molecule has 2 aromatic heterocycles. The molecule has 32 heavy (non-hydrogen) atoms. The summed E-state index contributed by atoms with van der Waals surface area (Å²) in [5.74, 6) is -2.02. The first-order valence-electron chi connectivity index (χ1n) is 8.97. The summed E-state index contributed by atoms with van der Waals surface area (Å²) in [6, 6.07) is 6.26. The van der Waals surface area contributed by atoms with Crippen LogP contribution in [0.1, 0.15) is 18.0 Å². The van der Waals surface area contributed by atoms with Gasteiger partial charge in [-0.2, -0.15) is 5.10 Å². The Balaban J connectivity index is 0.00000256. The first-order chi connectivity index (χ1) is 14.2. The minimum absolute atomic E-state index is 0. The second kappa shape index (κ2) is 12.2. The van der Waals surface area contributed by atoms with Crippen molar-refractivity contribution in [3.8, 4) is 16.9 Å². The second-order valence-corrected chi connectivity index (χ2v) is 6.73. The molecule has 0 radical (unpaired) electrons. The largest absolute Gasteiger partial charge is 1.00 e. The maximum absolute atomic E-state index is 12.4. The van der Waals surface area contributed by atoms with Gasteiger partial charge in [-0.3, -0.25) is 9.48 Å². The molecule has 1 aromatic carbocycles. The zero-order valence-electron chi connectivity index (χ0n) is 18.3. The van der Waals surface area contributed by atoms with E-state index in [1.54, 1.807) is 42.3 Å². The fourth-order valence-corrected chi connectivity index (χ4v) is 2.96. The smallest absolute Gasteiger partial charge is 0.871 e. The number of carbonyl (C=O) groups is 2. The molecular weight excluding hydrogens is 436 g/mol. The topological polar surface area (TPSA) is 144 Å². The fraction of sp³-hybridized carbons (Fsp3) is 0.200. The number of aryl methyl sites for hydroxylation is 2. The summed E-state index contributed by atoms with van der Waals surface area (Å²) >= 11 is 0. The van der Waals surface area contributed by atoms with Gasteiger partial charge in [-0.25, -0.2) is 4.79 Å². The van der Waals surface area contributed by atoms with Crippen LogP contribution >= 0.6 is 0 Å². The molecule has 0 fully saturated rings. The van der Waals surface area contributed by atoms with Crippen molar-refractivity contribution in [1.82, 2.24) is 19.7 Å². The van der Waals surface area contributed by atoms with Crippen LogP contribution in [0.15, 0.2) is 53.7 Å². The van der Waals surface area contributed by atoms with Crippen LogP contribution in [0, 0.1) is 0 Å². The number of carbonyl (C=O) groups excluding carboxylic acids is 2. The van der Waals surface area contributed by atoms with Gasteiger partial charge in [-0.1, -0.05) is 30.0 Å². The molecule has 2 amide bonds. The fourth-order valence-electron chi connectivity index (χ4n) is 2.96. The van der Waals surface area contributed by atoms with E-state index in [1.807, 2.05) is 6.07 Å². The van der Waals surface area contributed by atoms with Crippen LogP contribution in [0.2, 0.25) is 0 Å². The van der Waals surface area contributed by atoms with Gasteiger partial charge in [0.1, 0.15) is 5.69 Å². The van der Waals surface area contributed by atoms with Crippen molar-refractivity contribution in [2.45, 2.75) is 12.5 Å². The zero-order chi connectivity index (χ0) is 21.8. The molecule has 3 aromatic rings. The van der Waals surface area contributed by atoms with Gasteiger partial charge in [-0.15, -0.1) is 0 Å². The van der Waals surface area contributed by atoms with Crippen LogP contribution in [0.3, 0.4) is 0 Å². The minimum atomic E-state index is -1.37. The third-order valence-electron chi connectivity index (χ3n) is 4.47. The number of nitrogens with one attached hydrogen (secondary N) is 2. The number of rotatable bonds is 6. The number of carboxylic acid groups (broad SMARTS) is 1. The monoisotopic (exact) mass is 455 g/mol. The summed E-state index contributed by atoms with van der Waals surface area (Å²) in [5, 5.41) is 31.9. The Kier molecular flexibility index (Phi) is 10.7. The molecular formula is C20H19N5Na2O5. The number of anilines is 1. The zero-order valence-corrected chi connectivity index (χ0v) is 22.3. The number of aromatic nitrogens is 3. The Morgan fingerprint density at radius 1 is 1.16 bits per heavy atom. The summed E-state index contributed by atoms with van der Waals surface area (Å²) < 4.78 is 2.78. The van der Waals surface area contributed by atoms with E-state index in [4.69, 9.17) is 0 Å². The van der Waals surface area contributed by atoms with E-state index in [-0.39, 0.29) is 59.1 Å². The molecule has 3 rings (SSSR count). The molecule has 2 N–H and O–H groups in total. The Bertz CT molecular complexity index is 1160. The number of nitrogens with zero attached hydrogens (tertiary/aromatic N) is 3. The first-order valence-corrected chi connectivity index (χ1v) is 8.97. The molecule has 0 saturated carbocycles. The van der Waals surface area contributed by atoms with Gasteiger partial charge in [0.05, 0.1) is 12.2 Å². The molecule has 12 heteroatoms. The third kappa shape index (κ3) is 6.96. The quantitative estimate of drug-likeness (QED) is 0.354. The normalized spacial score (nSPS) is 10.9. The van der Waals surface area contributed by atoms with Crippen molar-refractivity contribution in [3.05, 3.63) is 64.8 Å². The van der Waals surface area contributed by atoms with Gasteiger partial charge in [-0.05, 0) is 17.2 Å². The number of amides is 2. The Hall–Kier alpha value is -2.08. The van der Waals surface area contributed by atoms with Crippen LogP contribution in [0.5, 0.6) is 5.75 Å². The van der Waals surface area contributed by atoms with Crippen molar-refractivity contribution in [3.63, 3.8) is 0 Å². The average Bonchev–Trinajstić information content (AvgIpc) is 3.14. The van der Waals surface area contributed by atoms with Crippen molar-refractivity contribution in [2.75, 3.05) is 5.32 Å². The number of hydrogen-bond donors (Lipinski definition) is 2. The SMILES string of the molecule is Cn1cc(-c2cccc([C@H](CC(=O)[O-])NC(=O)Nc3c([O-])ccn(C)c3=O)c2)cn1.[Na+].[Na+]. The second-order valence-electron chi connectivity index (χ2n) is 6.73. The number of aliphatic carboxylic acids is 1. The molecule has 0 aliphatic carbocycles. The summed E-state index contributed by atoms with van der Waals surface area (Å²) in [5.41, 5.74) is 1.02. The van der Waals surface area contributed by atoms with Crippen LogP contribution in [0.25, 0.3) is 11.1 Å². The predicted octanol–water partition coefficient (Wildman–Crippen LogP) is -6.13. The molecule has 1 atom stereocenters. The van der Waals surface area contributed by atoms with Gasteiger partial charge >= 0.3 is 65.1 Å². The van der Waals surface area contributed by atoms with Gasteiger partial charge in [0, 0.05) is 44.4 Å². The van der Waals surface area contributed by atoms with Gasteiger partial charge in [0.25, 0.3) is 5.56 Å². The van der Waals surface area contributed by atoms with Gasteiger partial charge in [0.2, 0.25) is 0 Å². The molecule has 0 spiro atoms. The summed E-state index contributed by atoms with van der Waals surface area (Å²) in [4.78, 5) is 35.7. The maximum Gasteiger partial charge on any atom is 1.00 e. The third-order valence-corrected chi connectivity index (χ3v) is 4.47. The Morgan fingerprint density at radius 3 is 2.50 bits per heavy atom. The minimum Gasteiger partial charge on any atom is -0.871 e. The van der Waals surface area contributed by atoms with E-state index in [9.17, 15) is 24.6 Å². The number of hydrogen-bond acceptors (Lipinski definition) is 6. The number of carboxylic acids is 1. The summed E-state index contributed by atoms with van der Waals surface area (Å²) in [7, 11) is 3.21. The number of urea groups is 1. The molecule has 0 aliphatic heterocycles. The summed E-state index contributed by atoms with van der Waals surface area (Å²) in [6.45, 7) is 0. The van der Waals surface area contributed by atoms with Gasteiger partial charge < -0.3 is 30.2 Å². The molecule has 0 aliphatic rings. The van der Waals surface area contributed by atoms with Crippen molar-refractivity contribution >= 4 is 17.7 Å². The number of benzene rings is 1. The van der Waals surface area contributed by atoms with E-state index >= 15 is 0 Å². The van der Waals surface area contributed by atoms with Crippen LogP contribution < -0.4 is 85.5 Å². The van der Waals surface area contributed by atoms with Crippen LogP contribution in [-0.2, 0) is 18.9 Å². The van der Waals surface area contributed by atoms with E-state index in [0.717, 1.165) is 21.8 Å². The predicted molar refractivity (Wildman–Crippen MR) is 104 cm³/mol. The Labute approximate surface area is 228 Å². The van der Waals surface area contributed by atoms with Crippen molar-refractivity contribution < 1.29 is 78.9 Å². The molecule has 0 bridgehead atoms. The van der Waals surface area contributed by atoms with Crippen molar-refractivity contribution in [2.24, 2.45) is 14.1 Å². The number of pyridine rings is 1. The molecule has 10 nitrogen and oxygen atoms in total. The molecule has 2 heterocycles. The molecule has 0 saturated heterocycles. The maximum atomic E-state index is 12.4. The average molecular weight is 455 g/mol. The van der Waals surface area contributed by atoms with E-state index < -0.39 is 41.5 Å². The van der Waals surface area contributed by atoms with E-state index in [0.29, 0.717) is 5.56 Å². The van der Waals surface area contributed by atoms with Crippen LogP contribution in [-0.4, -0.2) is 26.3 Å². The van der Waals surface area contributed by atoms with Gasteiger partial charge in [0.15, 0.2) is 0 Å².